The van der Waals surface area contributed by atoms with E-state index >= 15 is 0 Å². The standard InChI is InChI=1S/C15H17ClN4O2.ClH/c16-11-5-3-4-10(8-11)14-19-13(22-20-14)9-18-15(21)12-6-1-2-7-17-12;/h3-5,8,12,17H,1-2,6-7,9H2,(H,18,21);1H. The molecule has 0 saturated carbocycles. The summed E-state index contributed by atoms with van der Waals surface area (Å²) in [6.45, 7) is 1.11. The van der Waals surface area contributed by atoms with Crippen LogP contribution in [-0.2, 0) is 11.3 Å². The first-order chi connectivity index (χ1) is 10.7. The van der Waals surface area contributed by atoms with Crippen LogP contribution in [0.15, 0.2) is 28.8 Å². The fraction of sp³-hybridized carbons (Fsp3) is 0.400. The Morgan fingerprint density at radius 2 is 2.30 bits per heavy atom. The van der Waals surface area contributed by atoms with E-state index in [4.69, 9.17) is 16.1 Å². The third-order valence-electron chi connectivity index (χ3n) is 3.59. The molecule has 6 nitrogen and oxygen atoms in total. The number of halogens is 2. The highest BCUT2D eigenvalue weighted by atomic mass is 35.5. The molecule has 0 aliphatic carbocycles. The Morgan fingerprint density at radius 3 is 3.04 bits per heavy atom. The van der Waals surface area contributed by atoms with Crippen LogP contribution in [0.5, 0.6) is 0 Å². The Bertz CT molecular complexity index is 656. The number of rotatable bonds is 4. The molecule has 3 rings (SSSR count). The van der Waals surface area contributed by atoms with Crippen LogP contribution in [-0.4, -0.2) is 28.6 Å². The van der Waals surface area contributed by atoms with E-state index in [1.54, 1.807) is 12.1 Å². The molecule has 1 aromatic heterocycles. The summed E-state index contributed by atoms with van der Waals surface area (Å²) in [5.74, 6) is 0.809. The van der Waals surface area contributed by atoms with Crippen molar-refractivity contribution in [2.75, 3.05) is 6.54 Å². The van der Waals surface area contributed by atoms with Crippen LogP contribution >= 0.6 is 24.0 Å². The average Bonchev–Trinajstić information content (AvgIpc) is 3.02. The molecule has 8 heteroatoms. The van der Waals surface area contributed by atoms with E-state index in [0.717, 1.165) is 31.4 Å². The molecule has 1 aliphatic heterocycles. The average molecular weight is 357 g/mol. The Balaban J connectivity index is 0.00000192. The van der Waals surface area contributed by atoms with Gasteiger partial charge in [-0.3, -0.25) is 4.79 Å². The van der Waals surface area contributed by atoms with Gasteiger partial charge in [0.2, 0.25) is 17.6 Å². The summed E-state index contributed by atoms with van der Waals surface area (Å²) < 4.78 is 5.16. The number of carbonyl (C=O) groups excluding carboxylic acids is 1. The van der Waals surface area contributed by atoms with Crippen molar-refractivity contribution in [3.63, 3.8) is 0 Å². The largest absolute Gasteiger partial charge is 0.346 e. The van der Waals surface area contributed by atoms with Gasteiger partial charge >= 0.3 is 0 Å². The summed E-state index contributed by atoms with van der Waals surface area (Å²) >= 11 is 5.94. The zero-order chi connectivity index (χ0) is 15.4. The number of nitrogens with one attached hydrogen (secondary N) is 2. The number of aromatic nitrogens is 2. The summed E-state index contributed by atoms with van der Waals surface area (Å²) in [7, 11) is 0. The van der Waals surface area contributed by atoms with Crippen molar-refractivity contribution < 1.29 is 9.32 Å². The van der Waals surface area contributed by atoms with Gasteiger partial charge in [-0.2, -0.15) is 4.98 Å². The molecule has 1 fully saturated rings. The maximum atomic E-state index is 12.0. The zero-order valence-corrected chi connectivity index (χ0v) is 14.0. The molecule has 1 aromatic carbocycles. The molecule has 1 amide bonds. The minimum Gasteiger partial charge on any atom is -0.346 e. The van der Waals surface area contributed by atoms with Crippen molar-refractivity contribution in [3.8, 4) is 11.4 Å². The molecule has 1 unspecified atom stereocenters. The second-order valence-electron chi connectivity index (χ2n) is 5.24. The molecule has 2 heterocycles. The van der Waals surface area contributed by atoms with Crippen molar-refractivity contribution in [2.45, 2.75) is 31.8 Å². The summed E-state index contributed by atoms with van der Waals surface area (Å²) in [5.41, 5.74) is 0.780. The number of carbonyl (C=O) groups is 1. The summed E-state index contributed by atoms with van der Waals surface area (Å²) in [6, 6.07) is 7.10. The molecule has 2 aromatic rings. The topological polar surface area (TPSA) is 80.1 Å². The second-order valence-corrected chi connectivity index (χ2v) is 5.68. The van der Waals surface area contributed by atoms with Crippen LogP contribution in [0.3, 0.4) is 0 Å². The van der Waals surface area contributed by atoms with Crippen LogP contribution in [0.2, 0.25) is 5.02 Å². The van der Waals surface area contributed by atoms with Gasteiger partial charge in [0.25, 0.3) is 0 Å². The first kappa shape index (κ1) is 17.7. The number of nitrogens with zero attached hydrogens (tertiary/aromatic N) is 2. The van der Waals surface area contributed by atoms with Gasteiger partial charge in [-0.05, 0) is 31.5 Å². The fourth-order valence-electron chi connectivity index (χ4n) is 2.43. The number of benzene rings is 1. The van der Waals surface area contributed by atoms with E-state index in [0.29, 0.717) is 16.7 Å². The molecule has 124 valence electrons. The summed E-state index contributed by atoms with van der Waals surface area (Å²) in [6.07, 6.45) is 3.06. The zero-order valence-electron chi connectivity index (χ0n) is 12.4. The van der Waals surface area contributed by atoms with Gasteiger partial charge in [0.15, 0.2) is 0 Å². The van der Waals surface area contributed by atoms with E-state index in [-0.39, 0.29) is 30.9 Å². The van der Waals surface area contributed by atoms with Gasteiger partial charge in [-0.25, -0.2) is 0 Å². The van der Waals surface area contributed by atoms with Crippen LogP contribution < -0.4 is 10.6 Å². The highest BCUT2D eigenvalue weighted by Gasteiger charge is 2.20. The highest BCUT2D eigenvalue weighted by molar-refractivity contribution is 6.30. The summed E-state index contributed by atoms with van der Waals surface area (Å²) in [4.78, 5) is 16.3. The molecule has 1 aliphatic rings. The molecule has 2 N–H and O–H groups in total. The summed E-state index contributed by atoms with van der Waals surface area (Å²) in [5, 5.41) is 10.5. The first-order valence-electron chi connectivity index (χ1n) is 7.32. The van der Waals surface area contributed by atoms with Crippen LogP contribution in [0.4, 0.5) is 0 Å². The maximum absolute atomic E-state index is 12.0. The van der Waals surface area contributed by atoms with Crippen molar-refractivity contribution in [1.82, 2.24) is 20.8 Å². The van der Waals surface area contributed by atoms with Crippen molar-refractivity contribution in [2.24, 2.45) is 0 Å². The molecular weight excluding hydrogens is 339 g/mol. The predicted octanol–water partition coefficient (Wildman–Crippen LogP) is 2.57. The Kier molecular flexibility index (Phi) is 6.38. The van der Waals surface area contributed by atoms with E-state index < -0.39 is 0 Å². The van der Waals surface area contributed by atoms with Gasteiger partial charge in [-0.1, -0.05) is 35.3 Å². The molecule has 0 bridgehead atoms. The second kappa shape index (κ2) is 8.29. The van der Waals surface area contributed by atoms with Gasteiger partial charge in [-0.15, -0.1) is 12.4 Å². The molecule has 23 heavy (non-hydrogen) atoms. The van der Waals surface area contributed by atoms with Crippen LogP contribution in [0.25, 0.3) is 11.4 Å². The highest BCUT2D eigenvalue weighted by Crippen LogP contribution is 2.19. The minimum absolute atomic E-state index is 0. The van der Waals surface area contributed by atoms with Crippen molar-refractivity contribution in [1.29, 1.82) is 0 Å². The number of amides is 1. The van der Waals surface area contributed by atoms with E-state index in [1.807, 2.05) is 12.1 Å². The van der Waals surface area contributed by atoms with Crippen molar-refractivity contribution >= 4 is 29.9 Å². The lowest BCUT2D eigenvalue weighted by Crippen LogP contribution is -2.46. The Hall–Kier alpha value is -1.63. The lowest BCUT2D eigenvalue weighted by molar-refractivity contribution is -0.123. The third kappa shape index (κ3) is 4.67. The van der Waals surface area contributed by atoms with Gasteiger partial charge in [0, 0.05) is 10.6 Å². The Labute approximate surface area is 145 Å². The Morgan fingerprint density at radius 1 is 1.43 bits per heavy atom. The fourth-order valence-corrected chi connectivity index (χ4v) is 2.62. The number of hydrogen-bond donors (Lipinski definition) is 2. The predicted molar refractivity (Wildman–Crippen MR) is 89.5 cm³/mol. The lowest BCUT2D eigenvalue weighted by atomic mass is 10.0. The normalized spacial score (nSPS) is 17.3. The van der Waals surface area contributed by atoms with Gasteiger partial charge in [0.05, 0.1) is 12.6 Å². The van der Waals surface area contributed by atoms with Crippen LogP contribution in [0, 0.1) is 0 Å². The van der Waals surface area contributed by atoms with Gasteiger partial charge in [0.1, 0.15) is 0 Å². The molecule has 0 radical (unpaired) electrons. The molecule has 1 atom stereocenters. The van der Waals surface area contributed by atoms with E-state index in [2.05, 4.69) is 20.8 Å². The number of piperidine rings is 1. The number of hydrogen-bond acceptors (Lipinski definition) is 5. The van der Waals surface area contributed by atoms with Gasteiger partial charge < -0.3 is 15.2 Å². The van der Waals surface area contributed by atoms with Crippen LogP contribution in [0.1, 0.15) is 25.2 Å². The van der Waals surface area contributed by atoms with Crippen molar-refractivity contribution in [3.05, 3.63) is 35.2 Å². The third-order valence-corrected chi connectivity index (χ3v) is 3.83. The molecular formula is C15H18Cl2N4O2. The minimum atomic E-state index is -0.121. The first-order valence-corrected chi connectivity index (χ1v) is 7.70. The molecule has 0 spiro atoms. The van der Waals surface area contributed by atoms with E-state index in [1.165, 1.54) is 0 Å². The lowest BCUT2D eigenvalue weighted by Gasteiger charge is -2.22. The smallest absolute Gasteiger partial charge is 0.246 e. The SMILES string of the molecule is Cl.O=C(NCc1nc(-c2cccc(Cl)c2)no1)C1CCCCN1. The maximum Gasteiger partial charge on any atom is 0.246 e. The monoisotopic (exact) mass is 356 g/mol. The van der Waals surface area contributed by atoms with E-state index in [9.17, 15) is 4.79 Å². The molecule has 1 saturated heterocycles. The quantitative estimate of drug-likeness (QED) is 0.879.